The second kappa shape index (κ2) is 8.91. The third kappa shape index (κ3) is 4.68. The number of piperidine rings is 1. The van der Waals surface area contributed by atoms with Gasteiger partial charge in [-0.1, -0.05) is 12.8 Å². The van der Waals surface area contributed by atoms with Crippen LogP contribution in [0.15, 0.2) is 4.99 Å². The summed E-state index contributed by atoms with van der Waals surface area (Å²) in [5, 5.41) is 3.45. The molecule has 0 aromatic rings. The van der Waals surface area contributed by atoms with Gasteiger partial charge in [0.25, 0.3) is 0 Å². The van der Waals surface area contributed by atoms with Crippen LogP contribution in [0.4, 0.5) is 0 Å². The summed E-state index contributed by atoms with van der Waals surface area (Å²) in [5.41, 5.74) is 0. The number of nitrogens with one attached hydrogen (secondary N) is 1. The molecule has 3 aliphatic rings. The highest BCUT2D eigenvalue weighted by atomic mass is 16.2. The van der Waals surface area contributed by atoms with Gasteiger partial charge in [0.05, 0.1) is 6.54 Å². The first kappa shape index (κ1) is 18.5. The van der Waals surface area contributed by atoms with Gasteiger partial charge in [-0.05, 0) is 57.8 Å². The maximum absolute atomic E-state index is 12.5. The first-order chi connectivity index (χ1) is 12.2. The van der Waals surface area contributed by atoms with Crippen LogP contribution in [0.2, 0.25) is 0 Å². The number of rotatable bonds is 4. The summed E-state index contributed by atoms with van der Waals surface area (Å²) in [5.74, 6) is 3.01. The molecule has 5 heteroatoms. The molecule has 2 aliphatic heterocycles. The topological polar surface area (TPSA) is 47.9 Å². The molecule has 0 bridgehead atoms. The monoisotopic (exact) mass is 348 g/mol. The van der Waals surface area contributed by atoms with Gasteiger partial charge in [0.2, 0.25) is 5.91 Å². The van der Waals surface area contributed by atoms with E-state index < -0.39 is 0 Å². The van der Waals surface area contributed by atoms with E-state index in [9.17, 15) is 4.79 Å². The number of carbonyl (C=O) groups excluding carboxylic acids is 1. The van der Waals surface area contributed by atoms with Crippen molar-refractivity contribution in [3.8, 4) is 0 Å². The second-order valence-electron chi connectivity index (χ2n) is 8.13. The molecule has 3 unspecified atom stereocenters. The molecule has 3 fully saturated rings. The van der Waals surface area contributed by atoms with E-state index in [0.717, 1.165) is 56.8 Å². The Labute approximate surface area is 153 Å². The van der Waals surface area contributed by atoms with Crippen molar-refractivity contribution in [1.82, 2.24) is 15.1 Å². The SMILES string of the molecule is CCNC(=NCCC(=O)N1CCCCC1C)N1CC2CCCCC2C1. The Morgan fingerprint density at radius 3 is 2.40 bits per heavy atom. The number of hydrogen-bond acceptors (Lipinski definition) is 2. The van der Waals surface area contributed by atoms with Gasteiger partial charge in [-0.2, -0.15) is 0 Å². The zero-order chi connectivity index (χ0) is 17.6. The number of nitrogens with zero attached hydrogens (tertiary/aromatic N) is 3. The van der Waals surface area contributed by atoms with Crippen LogP contribution in [0.3, 0.4) is 0 Å². The Hall–Kier alpha value is -1.26. The zero-order valence-corrected chi connectivity index (χ0v) is 16.2. The third-order valence-corrected chi connectivity index (χ3v) is 6.32. The number of fused-ring (bicyclic) bond motifs is 1. The van der Waals surface area contributed by atoms with Gasteiger partial charge in [-0.15, -0.1) is 0 Å². The van der Waals surface area contributed by atoms with Crippen molar-refractivity contribution in [2.45, 2.75) is 71.3 Å². The van der Waals surface area contributed by atoms with E-state index in [-0.39, 0.29) is 5.91 Å². The zero-order valence-electron chi connectivity index (χ0n) is 16.2. The molecule has 0 spiro atoms. The van der Waals surface area contributed by atoms with Gasteiger partial charge in [0.1, 0.15) is 0 Å². The number of aliphatic imine (C=N–C) groups is 1. The van der Waals surface area contributed by atoms with E-state index in [1.807, 2.05) is 0 Å². The second-order valence-corrected chi connectivity index (χ2v) is 8.13. The summed E-state index contributed by atoms with van der Waals surface area (Å²) < 4.78 is 0. The van der Waals surface area contributed by atoms with Crippen LogP contribution in [-0.2, 0) is 4.79 Å². The van der Waals surface area contributed by atoms with Crippen molar-refractivity contribution >= 4 is 11.9 Å². The molecule has 2 heterocycles. The van der Waals surface area contributed by atoms with Gasteiger partial charge >= 0.3 is 0 Å². The first-order valence-corrected chi connectivity index (χ1v) is 10.5. The fraction of sp³-hybridized carbons (Fsp3) is 0.900. The molecular formula is C20H36N4O. The summed E-state index contributed by atoms with van der Waals surface area (Å²) in [6.07, 6.45) is 9.64. The minimum absolute atomic E-state index is 0.280. The highest BCUT2D eigenvalue weighted by Crippen LogP contribution is 2.35. The molecule has 3 rings (SSSR count). The molecule has 1 aliphatic carbocycles. The van der Waals surface area contributed by atoms with E-state index in [2.05, 4.69) is 29.0 Å². The van der Waals surface area contributed by atoms with E-state index in [4.69, 9.17) is 4.99 Å². The van der Waals surface area contributed by atoms with Crippen molar-refractivity contribution in [1.29, 1.82) is 0 Å². The summed E-state index contributed by atoms with van der Waals surface area (Å²) in [6, 6.07) is 0.403. The van der Waals surface area contributed by atoms with Crippen molar-refractivity contribution in [2.24, 2.45) is 16.8 Å². The summed E-state index contributed by atoms with van der Waals surface area (Å²) in [4.78, 5) is 21.8. The smallest absolute Gasteiger partial charge is 0.224 e. The number of guanidine groups is 1. The molecular weight excluding hydrogens is 312 g/mol. The molecule has 25 heavy (non-hydrogen) atoms. The molecule has 0 aromatic carbocycles. The van der Waals surface area contributed by atoms with E-state index >= 15 is 0 Å². The van der Waals surface area contributed by atoms with Crippen LogP contribution in [0.25, 0.3) is 0 Å². The summed E-state index contributed by atoms with van der Waals surface area (Å²) in [7, 11) is 0. The minimum atomic E-state index is 0.280. The van der Waals surface area contributed by atoms with Crippen molar-refractivity contribution in [3.05, 3.63) is 0 Å². The van der Waals surface area contributed by atoms with Crippen molar-refractivity contribution < 1.29 is 4.79 Å². The van der Waals surface area contributed by atoms with Crippen molar-refractivity contribution in [2.75, 3.05) is 32.7 Å². The molecule has 1 saturated carbocycles. The van der Waals surface area contributed by atoms with Crippen LogP contribution in [0.1, 0.15) is 65.2 Å². The van der Waals surface area contributed by atoms with Crippen LogP contribution in [-0.4, -0.2) is 60.4 Å². The average molecular weight is 349 g/mol. The molecule has 3 atom stereocenters. The Bertz CT molecular complexity index is 464. The number of amides is 1. The largest absolute Gasteiger partial charge is 0.357 e. The summed E-state index contributed by atoms with van der Waals surface area (Å²) >= 11 is 0. The predicted octanol–water partition coefficient (Wildman–Crippen LogP) is 2.87. The molecule has 1 amide bonds. The lowest BCUT2D eigenvalue weighted by Gasteiger charge is -2.33. The third-order valence-electron chi connectivity index (χ3n) is 6.32. The van der Waals surface area contributed by atoms with Crippen LogP contribution < -0.4 is 5.32 Å². The van der Waals surface area contributed by atoms with Gasteiger partial charge in [0, 0.05) is 38.6 Å². The number of likely N-dealkylation sites (tertiary alicyclic amines) is 2. The van der Waals surface area contributed by atoms with Crippen LogP contribution >= 0.6 is 0 Å². The van der Waals surface area contributed by atoms with Crippen LogP contribution in [0.5, 0.6) is 0 Å². The fourth-order valence-corrected chi connectivity index (χ4v) is 4.87. The number of hydrogen-bond donors (Lipinski definition) is 1. The van der Waals surface area contributed by atoms with Crippen molar-refractivity contribution in [3.63, 3.8) is 0 Å². The van der Waals surface area contributed by atoms with Gasteiger partial charge < -0.3 is 15.1 Å². The molecule has 142 valence electrons. The normalized spacial score (nSPS) is 30.3. The van der Waals surface area contributed by atoms with Gasteiger partial charge in [-0.25, -0.2) is 0 Å². The van der Waals surface area contributed by atoms with Gasteiger partial charge in [0.15, 0.2) is 5.96 Å². The maximum Gasteiger partial charge on any atom is 0.224 e. The Morgan fingerprint density at radius 2 is 1.76 bits per heavy atom. The molecule has 0 radical (unpaired) electrons. The molecule has 2 saturated heterocycles. The molecule has 5 nitrogen and oxygen atoms in total. The average Bonchev–Trinajstić information content (AvgIpc) is 3.05. The minimum Gasteiger partial charge on any atom is -0.357 e. The lowest BCUT2D eigenvalue weighted by Crippen LogP contribution is -2.42. The number of carbonyl (C=O) groups is 1. The van der Waals surface area contributed by atoms with E-state index in [0.29, 0.717) is 19.0 Å². The highest BCUT2D eigenvalue weighted by Gasteiger charge is 2.35. The molecule has 1 N–H and O–H groups in total. The quantitative estimate of drug-likeness (QED) is 0.628. The fourth-order valence-electron chi connectivity index (χ4n) is 4.87. The first-order valence-electron chi connectivity index (χ1n) is 10.5. The van der Waals surface area contributed by atoms with E-state index in [1.54, 1.807) is 0 Å². The standard InChI is InChI=1S/C20H36N4O/c1-3-21-20(23-14-17-9-4-5-10-18(17)15-23)22-12-11-19(25)24-13-7-6-8-16(24)2/h16-18H,3-15H2,1-2H3,(H,21,22). The lowest BCUT2D eigenvalue weighted by molar-refractivity contribution is -0.134. The Balaban J connectivity index is 1.52. The predicted molar refractivity (Wildman–Crippen MR) is 103 cm³/mol. The Kier molecular flexibility index (Phi) is 6.60. The Morgan fingerprint density at radius 1 is 1.08 bits per heavy atom. The lowest BCUT2D eigenvalue weighted by atomic mass is 9.82. The van der Waals surface area contributed by atoms with Gasteiger partial charge in [-0.3, -0.25) is 9.79 Å². The van der Waals surface area contributed by atoms with Crippen LogP contribution in [0, 0.1) is 11.8 Å². The van der Waals surface area contributed by atoms with E-state index in [1.165, 1.54) is 32.1 Å². The maximum atomic E-state index is 12.5. The summed E-state index contributed by atoms with van der Waals surface area (Å²) in [6.45, 7) is 9.02. The highest BCUT2D eigenvalue weighted by molar-refractivity contribution is 5.81. The molecule has 0 aromatic heterocycles.